The molecule has 0 aliphatic carbocycles. The highest BCUT2D eigenvalue weighted by Gasteiger charge is 2.12. The Morgan fingerprint density at radius 3 is 2.88 bits per heavy atom. The number of nitrogens with zero attached hydrogens (tertiary/aromatic N) is 4. The molecular weight excluding hydrogens is 440 g/mol. The van der Waals surface area contributed by atoms with Crippen LogP contribution in [-0.4, -0.2) is 19.6 Å². The first-order valence-electron chi connectivity index (χ1n) is 7.49. The quantitative estimate of drug-likeness (QED) is 0.429. The summed E-state index contributed by atoms with van der Waals surface area (Å²) in [6, 6.07) is 12.5. The molecule has 6 nitrogen and oxygen atoms in total. The van der Waals surface area contributed by atoms with Crippen LogP contribution in [0.3, 0.4) is 0 Å². The van der Waals surface area contributed by atoms with E-state index in [9.17, 15) is 4.79 Å². The fourth-order valence-electron chi connectivity index (χ4n) is 2.35. The third kappa shape index (κ3) is 3.53. The van der Waals surface area contributed by atoms with Crippen LogP contribution in [0.2, 0.25) is 5.02 Å². The van der Waals surface area contributed by atoms with Gasteiger partial charge < -0.3 is 4.42 Å². The van der Waals surface area contributed by atoms with Gasteiger partial charge in [0.05, 0.1) is 16.3 Å². The highest BCUT2D eigenvalue weighted by atomic mass is 79.9. The molecule has 4 rings (SSSR count). The number of aromatic nitrogens is 4. The van der Waals surface area contributed by atoms with Crippen molar-refractivity contribution in [3.63, 3.8) is 0 Å². The molecule has 0 unspecified atom stereocenters. The first kappa shape index (κ1) is 17.3. The topological polar surface area (TPSA) is 73.3 Å². The predicted molar refractivity (Wildman–Crippen MR) is 103 cm³/mol. The predicted octanol–water partition coefficient (Wildman–Crippen LogP) is 4.45. The van der Waals surface area contributed by atoms with Gasteiger partial charge in [0.1, 0.15) is 5.65 Å². The Morgan fingerprint density at radius 1 is 1.19 bits per heavy atom. The highest BCUT2D eigenvalue weighted by molar-refractivity contribution is 9.10. The molecule has 0 atom stereocenters. The van der Waals surface area contributed by atoms with E-state index in [0.717, 1.165) is 10.0 Å². The molecule has 0 spiro atoms. The Hall–Kier alpha value is -2.16. The maximum atomic E-state index is 12.2. The van der Waals surface area contributed by atoms with Crippen molar-refractivity contribution in [3.05, 3.63) is 74.2 Å². The van der Waals surface area contributed by atoms with E-state index < -0.39 is 0 Å². The lowest BCUT2D eigenvalue weighted by molar-refractivity contribution is 0.465. The monoisotopic (exact) mass is 448 g/mol. The van der Waals surface area contributed by atoms with E-state index in [4.69, 9.17) is 16.0 Å². The average Bonchev–Trinajstić information content (AvgIpc) is 3.10. The molecular formula is C17H10BrClN4O2S. The summed E-state index contributed by atoms with van der Waals surface area (Å²) in [5.41, 5.74) is 1.80. The van der Waals surface area contributed by atoms with Crippen molar-refractivity contribution < 1.29 is 4.42 Å². The normalized spacial score (nSPS) is 11.2. The fraction of sp³-hybridized carbons (Fsp3) is 0.0588. The van der Waals surface area contributed by atoms with Crippen LogP contribution in [0.5, 0.6) is 0 Å². The SMILES string of the molecule is O=c1cc(CSc2nnc(-c3ccccc3Br)o2)nc2ccc(Cl)cn12. The summed E-state index contributed by atoms with van der Waals surface area (Å²) >= 11 is 10.7. The van der Waals surface area contributed by atoms with Crippen molar-refractivity contribution in [1.82, 2.24) is 19.6 Å². The van der Waals surface area contributed by atoms with Gasteiger partial charge >= 0.3 is 0 Å². The van der Waals surface area contributed by atoms with Gasteiger partial charge in [0.2, 0.25) is 5.89 Å². The van der Waals surface area contributed by atoms with Gasteiger partial charge in [-0.1, -0.05) is 35.5 Å². The molecule has 4 aromatic rings. The van der Waals surface area contributed by atoms with Crippen LogP contribution in [0.15, 0.2) is 67.6 Å². The van der Waals surface area contributed by atoms with Crippen LogP contribution in [0.1, 0.15) is 5.69 Å². The largest absolute Gasteiger partial charge is 0.411 e. The van der Waals surface area contributed by atoms with Crippen molar-refractivity contribution in [2.24, 2.45) is 0 Å². The minimum absolute atomic E-state index is 0.187. The smallest absolute Gasteiger partial charge is 0.277 e. The second kappa shape index (κ2) is 7.22. The molecule has 0 aliphatic rings. The fourth-order valence-corrected chi connectivity index (χ4v) is 3.62. The molecule has 0 saturated carbocycles. The first-order chi connectivity index (χ1) is 12.6. The summed E-state index contributed by atoms with van der Waals surface area (Å²) < 4.78 is 7.98. The van der Waals surface area contributed by atoms with Gasteiger partial charge in [-0.2, -0.15) is 0 Å². The van der Waals surface area contributed by atoms with E-state index in [2.05, 4.69) is 31.1 Å². The zero-order valence-electron chi connectivity index (χ0n) is 13.1. The van der Waals surface area contributed by atoms with E-state index in [1.54, 1.807) is 18.3 Å². The molecule has 3 heterocycles. The van der Waals surface area contributed by atoms with Crippen LogP contribution in [0, 0.1) is 0 Å². The molecule has 0 bridgehead atoms. The second-order valence-corrected chi connectivity index (χ2v) is 7.52. The number of thioether (sulfide) groups is 1. The number of benzene rings is 1. The number of pyridine rings is 1. The molecule has 0 radical (unpaired) electrons. The van der Waals surface area contributed by atoms with E-state index in [0.29, 0.717) is 33.2 Å². The molecule has 130 valence electrons. The summed E-state index contributed by atoms with van der Waals surface area (Å²) in [5, 5.41) is 9.00. The third-order valence-corrected chi connectivity index (χ3v) is 5.30. The molecule has 0 saturated heterocycles. The molecule has 1 aromatic carbocycles. The van der Waals surface area contributed by atoms with Gasteiger partial charge in [-0.05, 0) is 40.2 Å². The van der Waals surface area contributed by atoms with Crippen LogP contribution in [-0.2, 0) is 5.75 Å². The minimum Gasteiger partial charge on any atom is -0.411 e. The van der Waals surface area contributed by atoms with Gasteiger partial charge in [0, 0.05) is 22.5 Å². The minimum atomic E-state index is -0.187. The van der Waals surface area contributed by atoms with Gasteiger partial charge in [-0.15, -0.1) is 10.2 Å². The Kier molecular flexibility index (Phi) is 4.80. The Bertz CT molecular complexity index is 1160. The van der Waals surface area contributed by atoms with Crippen molar-refractivity contribution in [2.45, 2.75) is 11.0 Å². The van der Waals surface area contributed by atoms with Gasteiger partial charge in [-0.25, -0.2) is 4.98 Å². The van der Waals surface area contributed by atoms with E-state index in [1.807, 2.05) is 24.3 Å². The summed E-state index contributed by atoms with van der Waals surface area (Å²) in [5.74, 6) is 0.868. The van der Waals surface area contributed by atoms with Gasteiger partial charge in [0.15, 0.2) is 0 Å². The van der Waals surface area contributed by atoms with Crippen molar-refractivity contribution in [2.75, 3.05) is 0 Å². The van der Waals surface area contributed by atoms with Crippen LogP contribution in [0.25, 0.3) is 17.1 Å². The highest BCUT2D eigenvalue weighted by Crippen LogP contribution is 2.29. The molecule has 0 fully saturated rings. The Balaban J connectivity index is 1.55. The summed E-state index contributed by atoms with van der Waals surface area (Å²) in [4.78, 5) is 16.6. The van der Waals surface area contributed by atoms with Crippen molar-refractivity contribution in [1.29, 1.82) is 0 Å². The lowest BCUT2D eigenvalue weighted by Gasteiger charge is -2.03. The molecule has 9 heteroatoms. The van der Waals surface area contributed by atoms with Gasteiger partial charge in [0.25, 0.3) is 10.8 Å². The number of rotatable bonds is 4. The molecule has 0 N–H and O–H groups in total. The summed E-state index contributed by atoms with van der Waals surface area (Å²) in [6.45, 7) is 0. The lowest BCUT2D eigenvalue weighted by atomic mass is 10.2. The standard InChI is InChI=1S/C17H10BrClN4O2S/c18-13-4-2-1-3-12(13)16-21-22-17(25-16)26-9-11-7-15(24)23-8-10(19)5-6-14(23)20-11/h1-8H,9H2. The summed E-state index contributed by atoms with van der Waals surface area (Å²) in [6.07, 6.45) is 1.55. The van der Waals surface area contributed by atoms with E-state index in [-0.39, 0.29) is 5.56 Å². The molecule has 3 aromatic heterocycles. The van der Waals surface area contributed by atoms with Crippen molar-refractivity contribution in [3.8, 4) is 11.5 Å². The van der Waals surface area contributed by atoms with Crippen LogP contribution < -0.4 is 5.56 Å². The average molecular weight is 450 g/mol. The van der Waals surface area contributed by atoms with Crippen LogP contribution in [0.4, 0.5) is 0 Å². The third-order valence-electron chi connectivity index (χ3n) is 3.53. The number of fused-ring (bicyclic) bond motifs is 1. The molecule has 26 heavy (non-hydrogen) atoms. The number of hydrogen-bond acceptors (Lipinski definition) is 6. The zero-order chi connectivity index (χ0) is 18.1. The second-order valence-electron chi connectivity index (χ2n) is 5.30. The van der Waals surface area contributed by atoms with Crippen molar-refractivity contribution >= 4 is 44.9 Å². The van der Waals surface area contributed by atoms with Gasteiger partial charge in [-0.3, -0.25) is 9.20 Å². The Morgan fingerprint density at radius 2 is 2.04 bits per heavy atom. The number of hydrogen-bond donors (Lipinski definition) is 0. The summed E-state index contributed by atoms with van der Waals surface area (Å²) in [7, 11) is 0. The van der Waals surface area contributed by atoms with Crippen LogP contribution >= 0.6 is 39.3 Å². The first-order valence-corrected chi connectivity index (χ1v) is 9.65. The maximum absolute atomic E-state index is 12.2. The lowest BCUT2D eigenvalue weighted by Crippen LogP contribution is -2.15. The molecule has 0 aliphatic heterocycles. The van der Waals surface area contributed by atoms with E-state index >= 15 is 0 Å². The Labute approximate surface area is 165 Å². The zero-order valence-corrected chi connectivity index (χ0v) is 16.3. The molecule has 0 amide bonds. The van der Waals surface area contributed by atoms with E-state index in [1.165, 1.54) is 22.2 Å². The maximum Gasteiger partial charge on any atom is 0.277 e. The number of halogens is 2.